The molecule has 110 valence electrons. The lowest BCUT2D eigenvalue weighted by Gasteiger charge is -2.33. The van der Waals surface area contributed by atoms with Gasteiger partial charge in [0.05, 0.1) is 55.1 Å². The first kappa shape index (κ1) is 17.8. The van der Waals surface area contributed by atoms with Crippen molar-refractivity contribution in [2.75, 3.05) is 81.3 Å². The van der Waals surface area contributed by atoms with Gasteiger partial charge < -0.3 is 18.4 Å². The van der Waals surface area contributed by atoms with Crippen LogP contribution in [0.3, 0.4) is 0 Å². The van der Waals surface area contributed by atoms with Gasteiger partial charge in [-0.15, -0.1) is 0 Å². The molecule has 0 aromatic heterocycles. The zero-order valence-corrected chi connectivity index (χ0v) is 13.4. The molecule has 4 heteroatoms. The van der Waals surface area contributed by atoms with E-state index in [1.54, 1.807) is 0 Å². The molecular formula is C14H34N2O2+2. The summed E-state index contributed by atoms with van der Waals surface area (Å²) in [5, 5.41) is 0. The van der Waals surface area contributed by atoms with Crippen LogP contribution in [0.2, 0.25) is 0 Å². The Labute approximate surface area is 114 Å². The Hall–Kier alpha value is -0.160. The summed E-state index contributed by atoms with van der Waals surface area (Å²) in [7, 11) is 11.3. The molecule has 0 saturated carbocycles. The van der Waals surface area contributed by atoms with E-state index in [0.29, 0.717) is 0 Å². The maximum atomic E-state index is 5.60. The maximum absolute atomic E-state index is 5.60. The van der Waals surface area contributed by atoms with Gasteiger partial charge >= 0.3 is 0 Å². The van der Waals surface area contributed by atoms with Crippen LogP contribution in [0.1, 0.15) is 13.3 Å². The number of nitrogens with zero attached hydrogens (tertiary/aromatic N) is 2. The van der Waals surface area contributed by atoms with E-state index in [0.717, 1.165) is 48.4 Å². The fraction of sp³-hybridized carbons (Fsp3) is 1.00. The molecule has 0 heterocycles. The van der Waals surface area contributed by atoms with Gasteiger partial charge in [0.1, 0.15) is 19.6 Å². The van der Waals surface area contributed by atoms with E-state index in [-0.39, 0.29) is 0 Å². The first-order valence-corrected chi connectivity index (χ1v) is 7.05. The van der Waals surface area contributed by atoms with Crippen LogP contribution in [-0.4, -0.2) is 90.3 Å². The summed E-state index contributed by atoms with van der Waals surface area (Å²) in [5.41, 5.74) is 0. The highest BCUT2D eigenvalue weighted by atomic mass is 16.5. The molecule has 0 amide bonds. The van der Waals surface area contributed by atoms with Crippen LogP contribution in [0.15, 0.2) is 0 Å². The molecule has 0 spiro atoms. The zero-order chi connectivity index (χ0) is 14.1. The molecule has 4 nitrogen and oxygen atoms in total. The van der Waals surface area contributed by atoms with E-state index in [4.69, 9.17) is 9.47 Å². The van der Waals surface area contributed by atoms with Crippen LogP contribution in [-0.2, 0) is 9.47 Å². The topological polar surface area (TPSA) is 18.5 Å². The molecule has 0 N–H and O–H groups in total. The number of quaternary nitrogens is 2. The van der Waals surface area contributed by atoms with Crippen LogP contribution in [0.5, 0.6) is 0 Å². The van der Waals surface area contributed by atoms with Crippen LogP contribution < -0.4 is 0 Å². The summed E-state index contributed by atoms with van der Waals surface area (Å²) in [6, 6.07) is 0. The fourth-order valence-electron chi connectivity index (χ4n) is 1.46. The SMILES string of the molecule is CCCOCCOCC[N+](C)(C)CC[N+](C)(C)C. The van der Waals surface area contributed by atoms with Crippen molar-refractivity contribution in [1.82, 2.24) is 0 Å². The number of ether oxygens (including phenoxy) is 2. The second kappa shape index (κ2) is 8.86. The first-order chi connectivity index (χ1) is 8.27. The predicted molar refractivity (Wildman–Crippen MR) is 76.7 cm³/mol. The maximum Gasteiger partial charge on any atom is 0.128 e. The van der Waals surface area contributed by atoms with Gasteiger partial charge in [-0.1, -0.05) is 6.92 Å². The minimum atomic E-state index is 0.718. The second-order valence-electron chi connectivity index (χ2n) is 6.62. The minimum Gasteiger partial charge on any atom is -0.379 e. The summed E-state index contributed by atoms with van der Waals surface area (Å²) < 4.78 is 13.0. The minimum absolute atomic E-state index is 0.718. The lowest BCUT2D eigenvalue weighted by Crippen LogP contribution is -2.50. The molecule has 0 atom stereocenters. The molecule has 0 aromatic rings. The monoisotopic (exact) mass is 262 g/mol. The van der Waals surface area contributed by atoms with Crippen molar-refractivity contribution >= 4 is 0 Å². The molecule has 0 rings (SSSR count). The molecule has 0 aromatic carbocycles. The zero-order valence-electron chi connectivity index (χ0n) is 13.4. The van der Waals surface area contributed by atoms with Crippen molar-refractivity contribution < 1.29 is 18.4 Å². The highest BCUT2D eigenvalue weighted by Crippen LogP contribution is 2.00. The smallest absolute Gasteiger partial charge is 0.128 e. The molecule has 0 aliphatic carbocycles. The molecule has 0 bridgehead atoms. The quantitative estimate of drug-likeness (QED) is 0.412. The van der Waals surface area contributed by atoms with Gasteiger partial charge in [-0.2, -0.15) is 0 Å². The summed E-state index contributed by atoms with van der Waals surface area (Å²) in [5.74, 6) is 0. The third kappa shape index (κ3) is 12.3. The molecular weight excluding hydrogens is 228 g/mol. The summed E-state index contributed by atoms with van der Waals surface area (Å²) in [6.45, 7) is 8.65. The van der Waals surface area contributed by atoms with Crippen molar-refractivity contribution in [3.8, 4) is 0 Å². The third-order valence-electron chi connectivity index (χ3n) is 2.94. The van der Waals surface area contributed by atoms with Crippen LogP contribution in [0, 0.1) is 0 Å². The largest absolute Gasteiger partial charge is 0.379 e. The van der Waals surface area contributed by atoms with Gasteiger partial charge in [0.15, 0.2) is 0 Å². The van der Waals surface area contributed by atoms with E-state index in [1.165, 1.54) is 13.1 Å². The molecule has 0 aliphatic rings. The standard InChI is InChI=1S/C14H34N2O2/c1-7-11-17-13-14-18-12-10-16(5,6)9-8-15(2,3)4/h7-14H2,1-6H3/q+2. The van der Waals surface area contributed by atoms with Crippen molar-refractivity contribution in [2.45, 2.75) is 13.3 Å². The van der Waals surface area contributed by atoms with Crippen molar-refractivity contribution in [3.05, 3.63) is 0 Å². The summed E-state index contributed by atoms with van der Waals surface area (Å²) in [6.07, 6.45) is 1.08. The van der Waals surface area contributed by atoms with Crippen molar-refractivity contribution in [3.63, 3.8) is 0 Å². The Morgan fingerprint density at radius 1 is 0.667 bits per heavy atom. The van der Waals surface area contributed by atoms with Crippen molar-refractivity contribution in [2.24, 2.45) is 0 Å². The van der Waals surface area contributed by atoms with Gasteiger partial charge in [0, 0.05) is 6.61 Å². The third-order valence-corrected chi connectivity index (χ3v) is 2.94. The van der Waals surface area contributed by atoms with E-state index in [9.17, 15) is 0 Å². The fourth-order valence-corrected chi connectivity index (χ4v) is 1.46. The lowest BCUT2D eigenvalue weighted by atomic mass is 10.4. The molecule has 18 heavy (non-hydrogen) atoms. The summed E-state index contributed by atoms with van der Waals surface area (Å²) in [4.78, 5) is 0. The number of likely N-dealkylation sites (N-methyl/N-ethyl adjacent to an activating group) is 2. The Bertz CT molecular complexity index is 200. The van der Waals surface area contributed by atoms with Gasteiger partial charge in [-0.05, 0) is 6.42 Å². The molecule has 0 saturated heterocycles. The first-order valence-electron chi connectivity index (χ1n) is 7.05. The highest BCUT2D eigenvalue weighted by Gasteiger charge is 2.19. The number of hydrogen-bond donors (Lipinski definition) is 0. The number of rotatable bonds is 11. The lowest BCUT2D eigenvalue weighted by molar-refractivity contribution is -0.937. The van der Waals surface area contributed by atoms with Gasteiger partial charge in [0.2, 0.25) is 0 Å². The normalized spacial score (nSPS) is 13.0. The molecule has 0 unspecified atom stereocenters. The Morgan fingerprint density at radius 2 is 1.22 bits per heavy atom. The van der Waals surface area contributed by atoms with E-state index in [2.05, 4.69) is 42.2 Å². The Balaban J connectivity index is 3.52. The summed E-state index contributed by atoms with van der Waals surface area (Å²) >= 11 is 0. The second-order valence-corrected chi connectivity index (χ2v) is 6.62. The van der Waals surface area contributed by atoms with Crippen LogP contribution >= 0.6 is 0 Å². The van der Waals surface area contributed by atoms with Gasteiger partial charge in [-0.25, -0.2) is 0 Å². The van der Waals surface area contributed by atoms with E-state index < -0.39 is 0 Å². The van der Waals surface area contributed by atoms with Crippen LogP contribution in [0.25, 0.3) is 0 Å². The highest BCUT2D eigenvalue weighted by molar-refractivity contribution is 4.37. The molecule has 0 aliphatic heterocycles. The molecule has 0 radical (unpaired) electrons. The van der Waals surface area contributed by atoms with Gasteiger partial charge in [-0.3, -0.25) is 0 Å². The van der Waals surface area contributed by atoms with Crippen LogP contribution in [0.4, 0.5) is 0 Å². The number of hydrogen-bond acceptors (Lipinski definition) is 2. The predicted octanol–water partition coefficient (Wildman–Crippen LogP) is 1.21. The van der Waals surface area contributed by atoms with Gasteiger partial charge in [0.25, 0.3) is 0 Å². The van der Waals surface area contributed by atoms with E-state index in [1.807, 2.05) is 0 Å². The molecule has 0 fully saturated rings. The Morgan fingerprint density at radius 3 is 1.72 bits per heavy atom. The Kier molecular flexibility index (Phi) is 8.78. The average Bonchev–Trinajstić information content (AvgIpc) is 2.25. The van der Waals surface area contributed by atoms with Crippen molar-refractivity contribution in [1.29, 1.82) is 0 Å². The van der Waals surface area contributed by atoms with E-state index >= 15 is 0 Å². The average molecular weight is 262 g/mol.